The molecule has 2 N–H and O–H groups in total. The normalized spacial score (nSPS) is 12.2. The molecule has 0 aromatic heterocycles. The minimum atomic E-state index is -0.888. The number of anilines is 1. The number of aliphatic hydroxyl groups excluding tert-OH is 1. The number of rotatable bonds is 13. The Morgan fingerprint density at radius 1 is 0.889 bits per heavy atom. The van der Waals surface area contributed by atoms with E-state index in [0.29, 0.717) is 22.7 Å². The van der Waals surface area contributed by atoms with E-state index in [9.17, 15) is 9.59 Å². The summed E-state index contributed by atoms with van der Waals surface area (Å²) in [6, 6.07) is 25.0. The third-order valence-electron chi connectivity index (χ3n) is 4.96. The van der Waals surface area contributed by atoms with Crippen LogP contribution in [0, 0.1) is 0 Å². The highest BCUT2D eigenvalue weighted by Gasteiger charge is 2.30. The van der Waals surface area contributed by atoms with Gasteiger partial charge in [-0.2, -0.15) is 12.6 Å². The maximum absolute atomic E-state index is 12.9. The molecule has 0 saturated carbocycles. The highest BCUT2D eigenvalue weighted by atomic mass is 32.1. The van der Waals surface area contributed by atoms with E-state index in [4.69, 9.17) is 24.1 Å². The Morgan fingerprint density at radius 2 is 1.58 bits per heavy atom. The summed E-state index contributed by atoms with van der Waals surface area (Å²) in [5.41, 5.74) is 1.18. The number of hydrogen-bond acceptors (Lipinski definition) is 8. The van der Waals surface area contributed by atoms with Gasteiger partial charge in [-0.3, -0.25) is 10.1 Å². The number of amides is 1. The Bertz CT molecular complexity index is 1080. The third-order valence-corrected chi connectivity index (χ3v) is 5.22. The van der Waals surface area contributed by atoms with Crippen molar-refractivity contribution >= 4 is 30.4 Å². The summed E-state index contributed by atoms with van der Waals surface area (Å²) >= 11 is 3.93. The Balaban J connectivity index is 1.89. The summed E-state index contributed by atoms with van der Waals surface area (Å²) in [4.78, 5) is 24.5. The highest BCUT2D eigenvalue weighted by molar-refractivity contribution is 7.81. The predicted molar refractivity (Wildman–Crippen MR) is 139 cm³/mol. The third kappa shape index (κ3) is 8.83. The minimum Gasteiger partial charge on any atom is -0.491 e. The van der Waals surface area contributed by atoms with Gasteiger partial charge in [0.1, 0.15) is 24.2 Å². The van der Waals surface area contributed by atoms with Crippen molar-refractivity contribution in [2.45, 2.75) is 18.6 Å². The topological polar surface area (TPSA) is 103 Å². The maximum atomic E-state index is 12.9. The van der Waals surface area contributed by atoms with Crippen LogP contribution >= 0.6 is 12.6 Å². The molecular weight excluding hydrogens is 482 g/mol. The Morgan fingerprint density at radius 3 is 2.28 bits per heavy atom. The van der Waals surface area contributed by atoms with Gasteiger partial charge < -0.3 is 24.1 Å². The number of carbonyl (C=O) groups excluding carboxylic acids is 2. The first-order chi connectivity index (χ1) is 17.6. The zero-order chi connectivity index (χ0) is 25.6. The molecule has 3 rings (SSSR count). The van der Waals surface area contributed by atoms with Crippen LogP contribution in [0.5, 0.6) is 11.5 Å². The van der Waals surface area contributed by atoms with Crippen LogP contribution in [-0.2, 0) is 14.3 Å². The molecule has 0 fully saturated rings. The fraction of sp³-hybridized carbons (Fsp3) is 0.259. The highest BCUT2D eigenvalue weighted by Crippen LogP contribution is 2.30. The maximum Gasteiger partial charge on any atom is 0.412 e. The molecule has 9 heteroatoms. The lowest BCUT2D eigenvalue weighted by Gasteiger charge is -2.28. The van der Waals surface area contributed by atoms with Crippen LogP contribution in [0.1, 0.15) is 18.1 Å². The summed E-state index contributed by atoms with van der Waals surface area (Å²) in [5.74, 6) is 0.551. The van der Waals surface area contributed by atoms with Gasteiger partial charge in [0.15, 0.2) is 6.10 Å². The van der Waals surface area contributed by atoms with E-state index in [-0.39, 0.29) is 32.0 Å². The predicted octanol–water partition coefficient (Wildman–Crippen LogP) is 4.66. The molecule has 0 aliphatic rings. The fourth-order valence-electron chi connectivity index (χ4n) is 3.37. The number of thiol groups is 1. The number of para-hydroxylation sites is 2. The molecule has 2 atom stereocenters. The molecule has 3 aromatic rings. The second kappa shape index (κ2) is 14.7. The van der Waals surface area contributed by atoms with Crippen LogP contribution in [0.4, 0.5) is 10.5 Å². The lowest BCUT2D eigenvalue weighted by molar-refractivity contribution is -0.141. The van der Waals surface area contributed by atoms with Crippen LogP contribution < -0.4 is 14.8 Å². The summed E-state index contributed by atoms with van der Waals surface area (Å²) in [6.07, 6.45) is -2.04. The summed E-state index contributed by atoms with van der Waals surface area (Å²) in [5, 5.41) is 11.8. The Labute approximate surface area is 215 Å². The van der Waals surface area contributed by atoms with Crippen LogP contribution in [0.3, 0.4) is 0 Å². The van der Waals surface area contributed by atoms with Gasteiger partial charge in [-0.1, -0.05) is 48.5 Å². The van der Waals surface area contributed by atoms with E-state index < -0.39 is 24.3 Å². The summed E-state index contributed by atoms with van der Waals surface area (Å²) in [6.45, 7) is 0.0186. The molecule has 36 heavy (non-hydrogen) atoms. The molecule has 0 radical (unpaired) electrons. The Hall–Kier alpha value is -3.69. The number of aliphatic hydroxyl groups is 1. The van der Waals surface area contributed by atoms with Gasteiger partial charge in [-0.15, -0.1) is 0 Å². The fourth-order valence-corrected chi connectivity index (χ4v) is 3.46. The molecule has 190 valence electrons. The first-order valence-electron chi connectivity index (χ1n) is 11.4. The van der Waals surface area contributed by atoms with Gasteiger partial charge in [0.05, 0.1) is 19.0 Å². The molecular formula is C27H29NO7S. The van der Waals surface area contributed by atoms with E-state index in [1.54, 1.807) is 60.7 Å². The number of carbonyl (C=O) groups is 2. The number of benzene rings is 3. The molecule has 0 aliphatic carbocycles. The molecule has 0 aliphatic heterocycles. The smallest absolute Gasteiger partial charge is 0.412 e. The van der Waals surface area contributed by atoms with Crippen molar-refractivity contribution in [1.29, 1.82) is 0 Å². The minimum absolute atomic E-state index is 0.0394. The van der Waals surface area contributed by atoms with Crippen LogP contribution in [0.25, 0.3) is 0 Å². The van der Waals surface area contributed by atoms with Gasteiger partial charge in [-0.05, 0) is 42.0 Å². The molecule has 0 unspecified atom stereocenters. The molecule has 0 spiro atoms. The van der Waals surface area contributed by atoms with Crippen molar-refractivity contribution in [1.82, 2.24) is 0 Å². The van der Waals surface area contributed by atoms with Crippen LogP contribution in [0.2, 0.25) is 0 Å². The molecule has 0 bridgehead atoms. The standard InChI is InChI=1S/C27H29NO7S/c29-15-17-32-23-13-7-8-20(18-23)26(35-27(31)28-21-9-3-1-4-10-21)24(14-16-33-25(30)19-36)34-22-11-5-2-6-12-22/h1-13,18,24,26,29,36H,14-17,19H2,(H,28,31)/t24-,26-/m0/s1. The van der Waals surface area contributed by atoms with Crippen molar-refractivity contribution in [3.63, 3.8) is 0 Å². The number of esters is 1. The van der Waals surface area contributed by atoms with E-state index >= 15 is 0 Å². The van der Waals surface area contributed by atoms with Gasteiger partial charge in [0, 0.05) is 12.1 Å². The molecule has 0 heterocycles. The second-order valence-corrected chi connectivity index (χ2v) is 7.91. The van der Waals surface area contributed by atoms with Crippen LogP contribution in [-0.4, -0.2) is 48.8 Å². The van der Waals surface area contributed by atoms with Gasteiger partial charge in [0.2, 0.25) is 0 Å². The first-order valence-corrected chi connectivity index (χ1v) is 12.1. The quantitative estimate of drug-likeness (QED) is 0.227. The second-order valence-electron chi connectivity index (χ2n) is 7.60. The van der Waals surface area contributed by atoms with E-state index in [2.05, 4.69) is 17.9 Å². The van der Waals surface area contributed by atoms with Crippen molar-refractivity contribution in [2.75, 3.05) is 30.9 Å². The Kier molecular flexibility index (Phi) is 10.9. The average Bonchev–Trinajstić information content (AvgIpc) is 2.91. The number of ether oxygens (including phenoxy) is 4. The summed E-state index contributed by atoms with van der Waals surface area (Å²) < 4.78 is 22.9. The lowest BCUT2D eigenvalue weighted by atomic mass is 10.0. The van der Waals surface area contributed by atoms with E-state index in [0.717, 1.165) is 0 Å². The lowest BCUT2D eigenvalue weighted by Crippen LogP contribution is -2.32. The largest absolute Gasteiger partial charge is 0.491 e. The van der Waals surface area contributed by atoms with Crippen molar-refractivity contribution in [3.8, 4) is 11.5 Å². The number of nitrogens with one attached hydrogen (secondary N) is 1. The molecule has 0 saturated heterocycles. The molecule has 3 aromatic carbocycles. The number of hydrogen-bond donors (Lipinski definition) is 3. The van der Waals surface area contributed by atoms with Gasteiger partial charge in [-0.25, -0.2) is 4.79 Å². The monoisotopic (exact) mass is 511 g/mol. The summed E-state index contributed by atoms with van der Waals surface area (Å²) in [7, 11) is 0. The van der Waals surface area contributed by atoms with E-state index in [1.165, 1.54) is 0 Å². The average molecular weight is 512 g/mol. The van der Waals surface area contributed by atoms with Crippen molar-refractivity contribution in [2.24, 2.45) is 0 Å². The van der Waals surface area contributed by atoms with E-state index in [1.807, 2.05) is 24.3 Å². The van der Waals surface area contributed by atoms with Crippen molar-refractivity contribution < 1.29 is 33.6 Å². The zero-order valence-corrected chi connectivity index (χ0v) is 20.5. The molecule has 1 amide bonds. The zero-order valence-electron chi connectivity index (χ0n) is 19.6. The SMILES string of the molecule is O=C(CS)OCC[C@H](Oc1ccccc1)[C@@H](OC(=O)Nc1ccccc1)c1cccc(OCCO)c1. The van der Waals surface area contributed by atoms with Crippen molar-refractivity contribution in [3.05, 3.63) is 90.5 Å². The van der Waals surface area contributed by atoms with Gasteiger partial charge in [0.25, 0.3) is 0 Å². The van der Waals surface area contributed by atoms with Crippen LogP contribution in [0.15, 0.2) is 84.9 Å². The van der Waals surface area contributed by atoms with Gasteiger partial charge >= 0.3 is 12.1 Å². The first kappa shape index (κ1) is 26.9. The molecule has 8 nitrogen and oxygen atoms in total.